The number of carbonyl (C=O) groups excluding carboxylic acids is 1. The molecule has 0 aliphatic carbocycles. The van der Waals surface area contributed by atoms with Gasteiger partial charge in [0.2, 0.25) is 0 Å². The third-order valence-electron chi connectivity index (χ3n) is 4.03. The molecule has 1 amide bonds. The maximum Gasteiger partial charge on any atom is 0.277 e. The van der Waals surface area contributed by atoms with Crippen LogP contribution in [0.2, 0.25) is 0 Å². The molecule has 0 radical (unpaired) electrons. The minimum atomic E-state index is -0.307. The predicted octanol–water partition coefficient (Wildman–Crippen LogP) is 4.13. The topological polar surface area (TPSA) is 59.9 Å². The molecule has 0 aliphatic rings. The Morgan fingerprint density at radius 1 is 1.04 bits per heavy atom. The van der Waals surface area contributed by atoms with E-state index in [4.69, 9.17) is 9.47 Å². The van der Waals surface area contributed by atoms with Crippen molar-refractivity contribution in [3.05, 3.63) is 59.7 Å². The number of benzene rings is 2. The van der Waals surface area contributed by atoms with Crippen molar-refractivity contribution in [2.75, 3.05) is 13.2 Å². The third-order valence-corrected chi connectivity index (χ3v) is 4.03. The van der Waals surface area contributed by atoms with Crippen LogP contribution in [0.4, 0.5) is 0 Å². The van der Waals surface area contributed by atoms with E-state index in [2.05, 4.69) is 24.4 Å². The molecule has 0 spiro atoms. The molecular formula is C21H26N2O3. The fourth-order valence-corrected chi connectivity index (χ4v) is 2.31. The number of amides is 1. The second-order valence-corrected chi connectivity index (χ2v) is 5.96. The summed E-state index contributed by atoms with van der Waals surface area (Å²) in [6.45, 7) is 6.83. The Morgan fingerprint density at radius 3 is 2.27 bits per heavy atom. The summed E-state index contributed by atoms with van der Waals surface area (Å²) in [7, 11) is 0. The molecule has 0 fully saturated rings. The summed E-state index contributed by atoms with van der Waals surface area (Å²) in [4.78, 5) is 11.8. The zero-order valence-electron chi connectivity index (χ0n) is 15.6. The van der Waals surface area contributed by atoms with Gasteiger partial charge in [0.1, 0.15) is 11.5 Å². The van der Waals surface area contributed by atoms with E-state index in [-0.39, 0.29) is 12.5 Å². The number of hydrogen-bond acceptors (Lipinski definition) is 4. The maximum atomic E-state index is 11.8. The summed E-state index contributed by atoms with van der Waals surface area (Å²) in [5.74, 6) is 1.69. The van der Waals surface area contributed by atoms with Crippen LogP contribution in [0.3, 0.4) is 0 Å². The van der Waals surface area contributed by atoms with Crippen molar-refractivity contribution in [3.63, 3.8) is 0 Å². The number of rotatable bonds is 9. The largest absolute Gasteiger partial charge is 0.494 e. The molecule has 2 aromatic rings. The predicted molar refractivity (Wildman–Crippen MR) is 104 cm³/mol. The smallest absolute Gasteiger partial charge is 0.277 e. The van der Waals surface area contributed by atoms with Gasteiger partial charge in [0, 0.05) is 0 Å². The molecule has 0 heterocycles. The molecule has 0 aliphatic heterocycles. The maximum absolute atomic E-state index is 11.8. The van der Waals surface area contributed by atoms with Gasteiger partial charge in [-0.15, -0.1) is 0 Å². The SMILES string of the molecule is CCOc1ccc(C=NNC(=O)COc2ccc(C(C)CC)cc2)cc1. The molecule has 26 heavy (non-hydrogen) atoms. The minimum Gasteiger partial charge on any atom is -0.494 e. The summed E-state index contributed by atoms with van der Waals surface area (Å²) in [6, 6.07) is 15.3. The van der Waals surface area contributed by atoms with Gasteiger partial charge in [-0.05, 0) is 66.8 Å². The third kappa shape index (κ3) is 6.24. The van der Waals surface area contributed by atoms with E-state index in [1.165, 1.54) is 5.56 Å². The van der Waals surface area contributed by atoms with Crippen LogP contribution in [0.25, 0.3) is 0 Å². The second kappa shape index (κ2) is 10.2. The zero-order chi connectivity index (χ0) is 18.8. The molecule has 2 rings (SSSR count). The van der Waals surface area contributed by atoms with Gasteiger partial charge >= 0.3 is 0 Å². The van der Waals surface area contributed by atoms with E-state index in [9.17, 15) is 4.79 Å². The highest BCUT2D eigenvalue weighted by atomic mass is 16.5. The Labute approximate surface area is 155 Å². The Hall–Kier alpha value is -2.82. The van der Waals surface area contributed by atoms with Crippen LogP contribution < -0.4 is 14.9 Å². The second-order valence-electron chi connectivity index (χ2n) is 5.96. The summed E-state index contributed by atoms with van der Waals surface area (Å²) in [5.41, 5.74) is 4.59. The van der Waals surface area contributed by atoms with Crippen LogP contribution in [0.1, 0.15) is 44.2 Å². The van der Waals surface area contributed by atoms with Gasteiger partial charge in [0.25, 0.3) is 5.91 Å². The monoisotopic (exact) mass is 354 g/mol. The summed E-state index contributed by atoms with van der Waals surface area (Å²) < 4.78 is 10.9. The molecule has 138 valence electrons. The molecule has 1 N–H and O–H groups in total. The summed E-state index contributed by atoms with van der Waals surface area (Å²) >= 11 is 0. The van der Waals surface area contributed by atoms with Gasteiger partial charge in [-0.1, -0.05) is 26.0 Å². The van der Waals surface area contributed by atoms with Crippen molar-refractivity contribution in [2.45, 2.75) is 33.1 Å². The first kappa shape index (κ1) is 19.5. The zero-order valence-corrected chi connectivity index (χ0v) is 15.6. The van der Waals surface area contributed by atoms with Crippen molar-refractivity contribution in [1.29, 1.82) is 0 Å². The van der Waals surface area contributed by atoms with E-state index in [1.54, 1.807) is 6.21 Å². The van der Waals surface area contributed by atoms with E-state index < -0.39 is 0 Å². The lowest BCUT2D eigenvalue weighted by Crippen LogP contribution is -2.24. The molecule has 0 saturated carbocycles. The van der Waals surface area contributed by atoms with Crippen molar-refractivity contribution in [2.24, 2.45) is 5.10 Å². The van der Waals surface area contributed by atoms with Gasteiger partial charge in [-0.25, -0.2) is 5.43 Å². The van der Waals surface area contributed by atoms with Crippen molar-refractivity contribution in [3.8, 4) is 11.5 Å². The first-order valence-corrected chi connectivity index (χ1v) is 8.89. The van der Waals surface area contributed by atoms with E-state index in [1.807, 2.05) is 55.5 Å². The van der Waals surface area contributed by atoms with Crippen molar-refractivity contribution in [1.82, 2.24) is 5.43 Å². The van der Waals surface area contributed by atoms with E-state index in [0.717, 1.165) is 17.7 Å². The van der Waals surface area contributed by atoms with E-state index in [0.29, 0.717) is 18.3 Å². The average Bonchev–Trinajstić information content (AvgIpc) is 2.68. The summed E-state index contributed by atoms with van der Waals surface area (Å²) in [5, 5.41) is 3.93. The van der Waals surface area contributed by atoms with Gasteiger partial charge in [-0.3, -0.25) is 4.79 Å². The Kier molecular flexibility index (Phi) is 7.68. The molecule has 5 heteroatoms. The highest BCUT2D eigenvalue weighted by molar-refractivity contribution is 5.83. The van der Waals surface area contributed by atoms with Gasteiger partial charge in [0.15, 0.2) is 6.61 Å². The molecule has 1 atom stereocenters. The van der Waals surface area contributed by atoms with Crippen LogP contribution in [-0.2, 0) is 4.79 Å². The number of hydrogen-bond donors (Lipinski definition) is 1. The lowest BCUT2D eigenvalue weighted by Gasteiger charge is -2.10. The Bertz CT molecular complexity index is 709. The fraction of sp³-hybridized carbons (Fsp3) is 0.333. The minimum absolute atomic E-state index is 0.0801. The molecule has 0 aromatic heterocycles. The molecule has 0 saturated heterocycles. The standard InChI is InChI=1S/C21H26N2O3/c1-4-16(3)18-8-12-20(13-9-18)26-15-21(24)23-22-14-17-6-10-19(11-7-17)25-5-2/h6-14,16H,4-5,15H2,1-3H3,(H,23,24). The van der Waals surface area contributed by atoms with Crippen LogP contribution in [-0.4, -0.2) is 25.3 Å². The van der Waals surface area contributed by atoms with E-state index >= 15 is 0 Å². The highest BCUT2D eigenvalue weighted by Crippen LogP contribution is 2.21. The van der Waals surface area contributed by atoms with Crippen molar-refractivity contribution >= 4 is 12.1 Å². The number of ether oxygens (including phenoxy) is 2. The molecular weight excluding hydrogens is 328 g/mol. The molecule has 1 unspecified atom stereocenters. The Morgan fingerprint density at radius 2 is 1.65 bits per heavy atom. The Balaban J connectivity index is 1.76. The first-order valence-electron chi connectivity index (χ1n) is 8.89. The van der Waals surface area contributed by atoms with Gasteiger partial charge in [-0.2, -0.15) is 5.10 Å². The number of nitrogens with zero attached hydrogens (tertiary/aromatic N) is 1. The highest BCUT2D eigenvalue weighted by Gasteiger charge is 2.04. The van der Waals surface area contributed by atoms with Gasteiger partial charge in [0.05, 0.1) is 12.8 Å². The lowest BCUT2D eigenvalue weighted by molar-refractivity contribution is -0.123. The fourth-order valence-electron chi connectivity index (χ4n) is 2.31. The first-order chi connectivity index (χ1) is 12.6. The van der Waals surface area contributed by atoms with Crippen molar-refractivity contribution < 1.29 is 14.3 Å². The number of hydrazone groups is 1. The molecule has 2 aromatic carbocycles. The van der Waals surface area contributed by atoms with Crippen LogP contribution in [0, 0.1) is 0 Å². The average molecular weight is 354 g/mol. The lowest BCUT2D eigenvalue weighted by atomic mass is 9.99. The summed E-state index contributed by atoms with van der Waals surface area (Å²) in [6.07, 6.45) is 2.67. The quantitative estimate of drug-likeness (QED) is 0.544. The molecule has 5 nitrogen and oxygen atoms in total. The van der Waals surface area contributed by atoms with Crippen LogP contribution >= 0.6 is 0 Å². The van der Waals surface area contributed by atoms with Crippen LogP contribution in [0.5, 0.6) is 11.5 Å². The van der Waals surface area contributed by atoms with Gasteiger partial charge < -0.3 is 9.47 Å². The number of nitrogens with one attached hydrogen (secondary N) is 1. The number of carbonyl (C=O) groups is 1. The van der Waals surface area contributed by atoms with Crippen LogP contribution in [0.15, 0.2) is 53.6 Å². The molecule has 0 bridgehead atoms. The normalized spacial score (nSPS) is 12.0.